The van der Waals surface area contributed by atoms with Crippen molar-refractivity contribution in [2.45, 2.75) is 37.9 Å². The molecule has 2 atom stereocenters. The number of nitrogens with zero attached hydrogens (tertiary/aromatic N) is 1. The number of nitrogens with two attached hydrogens (primary N) is 1. The lowest BCUT2D eigenvalue weighted by molar-refractivity contribution is -0.143. The summed E-state index contributed by atoms with van der Waals surface area (Å²) in [6, 6.07) is 16.7. The molecule has 0 bridgehead atoms. The zero-order valence-electron chi connectivity index (χ0n) is 21.7. The molecule has 0 saturated heterocycles. The summed E-state index contributed by atoms with van der Waals surface area (Å²) in [6.07, 6.45) is -0.359. The van der Waals surface area contributed by atoms with E-state index in [9.17, 15) is 24.3 Å². The molecular weight excluding hydrogens is 536 g/mol. The number of carboxylic acid groups (broad SMARTS) is 2. The molecule has 12 heteroatoms. The van der Waals surface area contributed by atoms with E-state index >= 15 is 0 Å². The van der Waals surface area contributed by atoms with Gasteiger partial charge in [-0.25, -0.2) is 9.59 Å². The summed E-state index contributed by atoms with van der Waals surface area (Å²) in [6.45, 7) is 0.281. The number of nitrogens with one attached hydrogen (secondary N) is 2. The van der Waals surface area contributed by atoms with Crippen LogP contribution < -0.4 is 15.8 Å². The molecule has 0 saturated carbocycles. The summed E-state index contributed by atoms with van der Waals surface area (Å²) in [4.78, 5) is 51.4. The van der Waals surface area contributed by atoms with Crippen LogP contribution in [0.25, 0.3) is 0 Å². The number of carboxylic acids is 2. The smallest absolute Gasteiger partial charge is 0.353 e. The minimum Gasteiger partial charge on any atom is -0.481 e. The minimum atomic E-state index is -1.34. The summed E-state index contributed by atoms with van der Waals surface area (Å²) >= 11 is 1.20. The Morgan fingerprint density at radius 2 is 1.70 bits per heavy atom. The molecule has 3 aromatic rings. The molecule has 2 aromatic carbocycles. The first-order valence-electron chi connectivity index (χ1n) is 12.3. The Labute approximate surface area is 234 Å². The van der Waals surface area contributed by atoms with Crippen LogP contribution in [0.1, 0.15) is 38.5 Å². The predicted octanol–water partition coefficient (Wildman–Crippen LogP) is 2.73. The molecule has 0 spiro atoms. The van der Waals surface area contributed by atoms with Gasteiger partial charge in [-0.05, 0) is 61.9 Å². The lowest BCUT2D eigenvalue weighted by Crippen LogP contribution is -2.51. The Morgan fingerprint density at radius 1 is 1.02 bits per heavy atom. The molecular formula is C28H30N4O7S. The van der Waals surface area contributed by atoms with Crippen LogP contribution in [0.4, 0.5) is 0 Å². The van der Waals surface area contributed by atoms with Crippen molar-refractivity contribution < 1.29 is 34.1 Å². The van der Waals surface area contributed by atoms with Gasteiger partial charge in [0.1, 0.15) is 22.5 Å². The third-order valence-corrected chi connectivity index (χ3v) is 7.06. The molecule has 0 unspecified atom stereocenters. The maximum atomic E-state index is 13.3. The number of amides is 1. The minimum absolute atomic E-state index is 0.0945. The molecule has 1 heterocycles. The first kappa shape index (κ1) is 30.0. The van der Waals surface area contributed by atoms with Crippen molar-refractivity contribution in [1.82, 2.24) is 10.2 Å². The monoisotopic (exact) mass is 566 g/mol. The summed E-state index contributed by atoms with van der Waals surface area (Å²) < 4.78 is 5.41. The molecule has 6 N–H and O–H groups in total. The largest absolute Gasteiger partial charge is 0.481 e. The van der Waals surface area contributed by atoms with Crippen LogP contribution >= 0.6 is 11.3 Å². The number of rotatable bonds is 14. The van der Waals surface area contributed by atoms with Crippen LogP contribution in [-0.4, -0.2) is 63.9 Å². The second-order valence-corrected chi connectivity index (χ2v) is 10.2. The van der Waals surface area contributed by atoms with Gasteiger partial charge in [0, 0.05) is 23.4 Å². The number of carbonyl (C=O) groups is 4. The SMILES string of the molecule is CN(Cc1ccc(C(=O)Oc2ccc(C(=N)N)cc2)s1)[C@@H](Cc1ccccc1)C(=O)N[C@@H](CCC(=O)O)C(=O)O. The number of nitrogen functional groups attached to an aromatic ring is 1. The number of aliphatic carboxylic acids is 2. The Bertz CT molecular complexity index is 1360. The van der Waals surface area contributed by atoms with E-state index in [1.807, 2.05) is 30.3 Å². The van der Waals surface area contributed by atoms with Crippen molar-refractivity contribution in [2.75, 3.05) is 7.05 Å². The van der Waals surface area contributed by atoms with Gasteiger partial charge < -0.3 is 26.0 Å². The summed E-state index contributed by atoms with van der Waals surface area (Å²) in [5.74, 6) is -3.36. The molecule has 40 heavy (non-hydrogen) atoms. The number of hydrogen-bond donors (Lipinski definition) is 5. The maximum Gasteiger partial charge on any atom is 0.353 e. The van der Waals surface area contributed by atoms with E-state index in [2.05, 4.69) is 5.32 Å². The first-order valence-corrected chi connectivity index (χ1v) is 13.1. The predicted molar refractivity (Wildman–Crippen MR) is 149 cm³/mol. The van der Waals surface area contributed by atoms with E-state index in [0.29, 0.717) is 16.2 Å². The van der Waals surface area contributed by atoms with E-state index < -0.39 is 42.3 Å². The second-order valence-electron chi connectivity index (χ2n) is 9.05. The topological polar surface area (TPSA) is 183 Å². The third-order valence-electron chi connectivity index (χ3n) is 6.01. The van der Waals surface area contributed by atoms with Crippen LogP contribution in [0.3, 0.4) is 0 Å². The van der Waals surface area contributed by atoms with Crippen molar-refractivity contribution in [1.29, 1.82) is 5.41 Å². The fourth-order valence-electron chi connectivity index (χ4n) is 3.87. The van der Waals surface area contributed by atoms with Gasteiger partial charge in [-0.3, -0.25) is 19.9 Å². The standard InChI is InChI=1S/C28H30N4O7S/c1-32(16-20-11-13-23(40-20)28(38)39-19-9-7-18(8-10-19)25(29)30)22(15-17-5-3-2-4-6-17)26(35)31-21(27(36)37)12-14-24(33)34/h2-11,13,21-22H,12,14-16H2,1H3,(H3,29,30)(H,31,35)(H,33,34)(H,36,37)/t21-,22-/m0/s1. The van der Waals surface area contributed by atoms with Crippen molar-refractivity contribution in [3.8, 4) is 5.75 Å². The van der Waals surface area contributed by atoms with Gasteiger partial charge in [-0.2, -0.15) is 0 Å². The van der Waals surface area contributed by atoms with Gasteiger partial charge in [-0.15, -0.1) is 11.3 Å². The molecule has 0 fully saturated rings. The van der Waals surface area contributed by atoms with Crippen molar-refractivity contribution in [2.24, 2.45) is 5.73 Å². The zero-order chi connectivity index (χ0) is 29.2. The van der Waals surface area contributed by atoms with Gasteiger partial charge in [0.2, 0.25) is 5.91 Å². The number of carbonyl (C=O) groups excluding carboxylic acids is 2. The molecule has 210 valence electrons. The molecule has 0 aliphatic heterocycles. The summed E-state index contributed by atoms with van der Waals surface area (Å²) in [7, 11) is 1.72. The van der Waals surface area contributed by atoms with Crippen LogP contribution in [0, 0.1) is 5.41 Å². The second kappa shape index (κ2) is 14.0. The summed E-state index contributed by atoms with van der Waals surface area (Å²) in [5, 5.41) is 28.4. The molecule has 0 radical (unpaired) electrons. The molecule has 11 nitrogen and oxygen atoms in total. The van der Waals surface area contributed by atoms with E-state index in [-0.39, 0.29) is 25.2 Å². The van der Waals surface area contributed by atoms with Crippen molar-refractivity contribution in [3.05, 3.63) is 87.6 Å². The molecule has 1 aromatic heterocycles. The number of amidine groups is 1. The fraction of sp³-hybridized carbons (Fsp3) is 0.250. The quantitative estimate of drug-likeness (QED) is 0.0847. The highest BCUT2D eigenvalue weighted by molar-refractivity contribution is 7.13. The van der Waals surface area contributed by atoms with Gasteiger partial charge in [0.25, 0.3) is 0 Å². The average Bonchev–Trinajstić information content (AvgIpc) is 3.38. The maximum absolute atomic E-state index is 13.3. The van der Waals surface area contributed by atoms with Crippen LogP contribution in [0.2, 0.25) is 0 Å². The van der Waals surface area contributed by atoms with Crippen LogP contribution in [0.15, 0.2) is 66.7 Å². The fourth-order valence-corrected chi connectivity index (χ4v) is 4.82. The Kier molecular flexibility index (Phi) is 10.5. The first-order chi connectivity index (χ1) is 19.0. The summed E-state index contributed by atoms with van der Waals surface area (Å²) in [5.41, 5.74) is 6.81. The number of hydrogen-bond acceptors (Lipinski definition) is 8. The third kappa shape index (κ3) is 8.75. The zero-order valence-corrected chi connectivity index (χ0v) is 22.5. The number of thiophene rings is 1. The van der Waals surface area contributed by atoms with Crippen molar-refractivity contribution in [3.63, 3.8) is 0 Å². The number of benzene rings is 2. The van der Waals surface area contributed by atoms with E-state index in [0.717, 1.165) is 10.4 Å². The van der Waals surface area contributed by atoms with E-state index in [1.165, 1.54) is 11.3 Å². The van der Waals surface area contributed by atoms with E-state index in [1.54, 1.807) is 48.3 Å². The highest BCUT2D eigenvalue weighted by Gasteiger charge is 2.29. The Morgan fingerprint density at radius 3 is 2.30 bits per heavy atom. The van der Waals surface area contributed by atoms with Gasteiger partial charge in [-0.1, -0.05) is 30.3 Å². The van der Waals surface area contributed by atoms with Crippen LogP contribution in [-0.2, 0) is 27.3 Å². The van der Waals surface area contributed by atoms with Crippen LogP contribution in [0.5, 0.6) is 5.75 Å². The van der Waals surface area contributed by atoms with Gasteiger partial charge in [0.15, 0.2) is 0 Å². The molecule has 3 rings (SSSR count). The molecule has 0 aliphatic rings. The number of ether oxygens (including phenoxy) is 1. The average molecular weight is 567 g/mol. The van der Waals surface area contributed by atoms with E-state index in [4.69, 9.17) is 21.0 Å². The number of likely N-dealkylation sites (N-methyl/N-ethyl adjacent to an activating group) is 1. The molecule has 0 aliphatic carbocycles. The van der Waals surface area contributed by atoms with Gasteiger partial charge in [0.05, 0.1) is 6.04 Å². The lowest BCUT2D eigenvalue weighted by atomic mass is 10.0. The highest BCUT2D eigenvalue weighted by atomic mass is 32.1. The Hall–Kier alpha value is -4.55. The Balaban J connectivity index is 1.71. The number of esters is 1. The lowest BCUT2D eigenvalue weighted by Gasteiger charge is -2.28. The highest BCUT2D eigenvalue weighted by Crippen LogP contribution is 2.22. The van der Waals surface area contributed by atoms with Gasteiger partial charge >= 0.3 is 17.9 Å². The normalized spacial score (nSPS) is 12.3. The van der Waals surface area contributed by atoms with Crippen molar-refractivity contribution >= 4 is 41.0 Å². The molecule has 1 amide bonds.